The minimum absolute atomic E-state index is 0.0920. The number of amides is 1. The first kappa shape index (κ1) is 18.0. The summed E-state index contributed by atoms with van der Waals surface area (Å²) in [6, 6.07) is 2.35. The molecule has 1 saturated carbocycles. The van der Waals surface area contributed by atoms with E-state index in [1.165, 1.54) is 0 Å². The summed E-state index contributed by atoms with van der Waals surface area (Å²) in [5.74, 6) is 0.486. The third kappa shape index (κ3) is 3.99. The zero-order valence-corrected chi connectivity index (χ0v) is 15.1. The zero-order valence-electron chi connectivity index (χ0n) is 15.1. The van der Waals surface area contributed by atoms with Gasteiger partial charge in [0.2, 0.25) is 5.91 Å². The van der Waals surface area contributed by atoms with Crippen molar-refractivity contribution in [2.24, 2.45) is 22.2 Å². The lowest BCUT2D eigenvalue weighted by molar-refractivity contribution is -0.146. The molecule has 1 amide bonds. The Hall–Kier alpha value is -1.04. The van der Waals surface area contributed by atoms with Gasteiger partial charge in [-0.05, 0) is 29.6 Å². The van der Waals surface area contributed by atoms with Crippen LogP contribution in [0.4, 0.5) is 0 Å². The first-order valence-corrected chi connectivity index (χ1v) is 8.00. The predicted octanol–water partition coefficient (Wildman–Crippen LogP) is 4.24. The van der Waals surface area contributed by atoms with Crippen LogP contribution < -0.4 is 0 Å². The quantitative estimate of drug-likeness (QED) is 0.715. The average molecular weight is 292 g/mol. The van der Waals surface area contributed by atoms with Crippen molar-refractivity contribution in [1.82, 2.24) is 4.90 Å². The number of carbonyl (C=O) groups excluding carboxylic acids is 1. The molecule has 3 nitrogen and oxygen atoms in total. The lowest BCUT2D eigenvalue weighted by Gasteiger charge is -2.53. The second-order valence-corrected chi connectivity index (χ2v) is 9.23. The van der Waals surface area contributed by atoms with E-state index in [0.717, 1.165) is 12.8 Å². The summed E-state index contributed by atoms with van der Waals surface area (Å²) in [5, 5.41) is 9.18. The molecule has 120 valence electrons. The smallest absolute Gasteiger partial charge is 0.229 e. The van der Waals surface area contributed by atoms with Crippen LogP contribution in [0.15, 0.2) is 0 Å². The van der Waals surface area contributed by atoms with Crippen LogP contribution in [0.5, 0.6) is 0 Å². The minimum Gasteiger partial charge on any atom is -0.326 e. The summed E-state index contributed by atoms with van der Waals surface area (Å²) >= 11 is 0. The molecule has 1 aliphatic carbocycles. The van der Waals surface area contributed by atoms with Gasteiger partial charge in [0.05, 0.1) is 6.07 Å². The van der Waals surface area contributed by atoms with Crippen LogP contribution in [0.3, 0.4) is 0 Å². The Kier molecular flexibility index (Phi) is 4.83. The third-order valence-electron chi connectivity index (χ3n) is 5.05. The van der Waals surface area contributed by atoms with E-state index in [0.29, 0.717) is 5.92 Å². The predicted molar refractivity (Wildman–Crippen MR) is 86.5 cm³/mol. The fraction of sp³-hybridized carbons (Fsp3) is 0.889. The van der Waals surface area contributed by atoms with Crippen LogP contribution in [-0.4, -0.2) is 23.4 Å². The molecule has 0 aliphatic heterocycles. The fourth-order valence-corrected chi connectivity index (χ4v) is 3.96. The molecule has 0 heterocycles. The molecule has 1 fully saturated rings. The Bertz CT molecular complexity index is 437. The lowest BCUT2D eigenvalue weighted by Crippen LogP contribution is -2.56. The molecule has 1 aliphatic rings. The normalized spacial score (nSPS) is 27.8. The number of nitriles is 1. The first-order chi connectivity index (χ1) is 9.32. The number of hydrogen-bond acceptors (Lipinski definition) is 2. The van der Waals surface area contributed by atoms with Gasteiger partial charge in [0.1, 0.15) is 6.54 Å². The maximum absolute atomic E-state index is 12.8. The summed E-state index contributed by atoms with van der Waals surface area (Å²) in [6.45, 7) is 17.4. The first-order valence-electron chi connectivity index (χ1n) is 8.00. The Balaban J connectivity index is 3.17. The van der Waals surface area contributed by atoms with E-state index in [4.69, 9.17) is 0 Å². The van der Waals surface area contributed by atoms with Crippen molar-refractivity contribution < 1.29 is 4.79 Å². The van der Waals surface area contributed by atoms with Crippen molar-refractivity contribution >= 4 is 5.91 Å². The Morgan fingerprint density at radius 1 is 1.29 bits per heavy atom. The van der Waals surface area contributed by atoms with E-state index in [9.17, 15) is 10.1 Å². The van der Waals surface area contributed by atoms with Gasteiger partial charge in [0.25, 0.3) is 0 Å². The van der Waals surface area contributed by atoms with E-state index < -0.39 is 5.41 Å². The fourth-order valence-electron chi connectivity index (χ4n) is 3.96. The van der Waals surface area contributed by atoms with Crippen LogP contribution in [0.25, 0.3) is 0 Å². The number of hydrogen-bond donors (Lipinski definition) is 0. The average Bonchev–Trinajstić information content (AvgIpc) is 2.27. The molecule has 0 N–H and O–H groups in total. The number of nitrogens with zero attached hydrogens (tertiary/aromatic N) is 2. The highest BCUT2D eigenvalue weighted by Crippen LogP contribution is 2.50. The largest absolute Gasteiger partial charge is 0.326 e. The maximum atomic E-state index is 12.8. The van der Waals surface area contributed by atoms with Crippen LogP contribution in [0.2, 0.25) is 0 Å². The van der Waals surface area contributed by atoms with Crippen molar-refractivity contribution in [1.29, 1.82) is 5.26 Å². The molecule has 0 aromatic carbocycles. The van der Waals surface area contributed by atoms with E-state index in [-0.39, 0.29) is 29.3 Å². The molecular formula is C18H32N2O. The van der Waals surface area contributed by atoms with Gasteiger partial charge in [-0.15, -0.1) is 0 Å². The molecule has 2 atom stereocenters. The molecular weight excluding hydrogens is 260 g/mol. The van der Waals surface area contributed by atoms with Gasteiger partial charge in [-0.2, -0.15) is 5.26 Å². The van der Waals surface area contributed by atoms with E-state index in [1.807, 2.05) is 25.7 Å². The summed E-state index contributed by atoms with van der Waals surface area (Å²) in [7, 11) is 0. The zero-order chi connectivity index (χ0) is 16.6. The van der Waals surface area contributed by atoms with Crippen molar-refractivity contribution in [2.75, 3.05) is 6.54 Å². The molecule has 1 rings (SSSR count). The highest BCUT2D eigenvalue weighted by Gasteiger charge is 2.47. The van der Waals surface area contributed by atoms with Crippen LogP contribution in [0, 0.1) is 33.5 Å². The van der Waals surface area contributed by atoms with Gasteiger partial charge in [-0.1, -0.05) is 55.4 Å². The second kappa shape index (κ2) is 5.63. The molecule has 0 spiro atoms. The summed E-state index contributed by atoms with van der Waals surface area (Å²) in [6.07, 6.45) is 2.13. The Labute approximate surface area is 130 Å². The standard InChI is InChI=1S/C18H32N2O/c1-13-14(11-17(5,6)12-18(13,7)8)20(10-9-19)15(21)16(2,3)4/h13-14H,10-12H2,1-8H3. The SMILES string of the molecule is CC1C(N(CC#N)C(=O)C(C)(C)C)CC(C)(C)CC1(C)C. The van der Waals surface area contributed by atoms with Gasteiger partial charge in [0, 0.05) is 11.5 Å². The van der Waals surface area contributed by atoms with Gasteiger partial charge < -0.3 is 4.90 Å². The molecule has 0 aromatic rings. The van der Waals surface area contributed by atoms with E-state index in [1.54, 1.807) is 0 Å². The molecule has 0 saturated heterocycles. The highest BCUT2D eigenvalue weighted by molar-refractivity contribution is 5.82. The Morgan fingerprint density at radius 2 is 1.81 bits per heavy atom. The summed E-state index contributed by atoms with van der Waals surface area (Å²) in [4.78, 5) is 14.6. The molecule has 0 radical (unpaired) electrons. The second-order valence-electron chi connectivity index (χ2n) is 9.23. The number of carbonyl (C=O) groups is 1. The lowest BCUT2D eigenvalue weighted by atomic mass is 9.58. The van der Waals surface area contributed by atoms with Crippen molar-refractivity contribution in [3.05, 3.63) is 0 Å². The molecule has 2 unspecified atom stereocenters. The summed E-state index contributed by atoms with van der Waals surface area (Å²) < 4.78 is 0. The summed E-state index contributed by atoms with van der Waals surface area (Å²) in [5.41, 5.74) is -0.0624. The molecule has 0 aromatic heterocycles. The molecule has 21 heavy (non-hydrogen) atoms. The van der Waals surface area contributed by atoms with Crippen molar-refractivity contribution in [2.45, 2.75) is 74.3 Å². The van der Waals surface area contributed by atoms with Gasteiger partial charge in [-0.3, -0.25) is 4.79 Å². The number of rotatable bonds is 2. The van der Waals surface area contributed by atoms with Gasteiger partial charge in [-0.25, -0.2) is 0 Å². The third-order valence-corrected chi connectivity index (χ3v) is 5.05. The van der Waals surface area contributed by atoms with Gasteiger partial charge in [0.15, 0.2) is 0 Å². The van der Waals surface area contributed by atoms with Crippen LogP contribution in [0.1, 0.15) is 68.2 Å². The Morgan fingerprint density at radius 3 is 2.24 bits per heavy atom. The minimum atomic E-state index is -0.442. The monoisotopic (exact) mass is 292 g/mol. The van der Waals surface area contributed by atoms with Crippen molar-refractivity contribution in [3.63, 3.8) is 0 Å². The molecule has 0 bridgehead atoms. The highest BCUT2D eigenvalue weighted by atomic mass is 16.2. The van der Waals surface area contributed by atoms with Crippen molar-refractivity contribution in [3.8, 4) is 6.07 Å². The maximum Gasteiger partial charge on any atom is 0.229 e. The van der Waals surface area contributed by atoms with Crippen LogP contribution >= 0.6 is 0 Å². The topological polar surface area (TPSA) is 44.1 Å². The molecule has 3 heteroatoms. The van der Waals surface area contributed by atoms with Crippen LogP contribution in [-0.2, 0) is 4.79 Å². The van der Waals surface area contributed by atoms with Gasteiger partial charge >= 0.3 is 0 Å². The van der Waals surface area contributed by atoms with E-state index in [2.05, 4.69) is 40.7 Å². The van der Waals surface area contributed by atoms with E-state index >= 15 is 0 Å².